The SMILES string of the molecule is Cc1ncsc1CCn1cnc(C(F)(F)F)c1C#N. The Morgan fingerprint density at radius 2 is 2.16 bits per heavy atom. The minimum absolute atomic E-state index is 0.273. The van der Waals surface area contributed by atoms with E-state index in [2.05, 4.69) is 9.97 Å². The van der Waals surface area contributed by atoms with Crippen molar-refractivity contribution >= 4 is 11.3 Å². The highest BCUT2D eigenvalue weighted by molar-refractivity contribution is 7.09. The summed E-state index contributed by atoms with van der Waals surface area (Å²) in [5, 5.41) is 8.84. The van der Waals surface area contributed by atoms with Crippen LogP contribution in [0, 0.1) is 18.3 Å². The van der Waals surface area contributed by atoms with Crippen LogP contribution in [0.25, 0.3) is 0 Å². The second-order valence-electron chi connectivity index (χ2n) is 3.86. The number of hydrogen-bond donors (Lipinski definition) is 0. The predicted octanol–water partition coefficient (Wildman–Crippen LogP) is 2.78. The molecule has 0 aliphatic rings. The summed E-state index contributed by atoms with van der Waals surface area (Å²) < 4.78 is 39.0. The van der Waals surface area contributed by atoms with Gasteiger partial charge in [-0.05, 0) is 6.92 Å². The molecule has 19 heavy (non-hydrogen) atoms. The molecule has 0 saturated carbocycles. The fourth-order valence-electron chi connectivity index (χ4n) is 1.66. The highest BCUT2D eigenvalue weighted by atomic mass is 32.1. The van der Waals surface area contributed by atoms with Gasteiger partial charge in [-0.3, -0.25) is 0 Å². The number of imidazole rings is 1. The highest BCUT2D eigenvalue weighted by Gasteiger charge is 2.37. The van der Waals surface area contributed by atoms with E-state index in [1.54, 1.807) is 11.6 Å². The number of alkyl halides is 3. The first-order valence-electron chi connectivity index (χ1n) is 5.35. The quantitative estimate of drug-likeness (QED) is 0.871. The Kier molecular flexibility index (Phi) is 3.57. The van der Waals surface area contributed by atoms with Gasteiger partial charge in [-0.2, -0.15) is 18.4 Å². The molecule has 0 spiro atoms. The van der Waals surface area contributed by atoms with Crippen molar-refractivity contribution < 1.29 is 13.2 Å². The molecule has 0 fully saturated rings. The third-order valence-electron chi connectivity index (χ3n) is 2.64. The molecular formula is C11H9F3N4S. The summed E-state index contributed by atoms with van der Waals surface area (Å²) in [6, 6.07) is 1.56. The van der Waals surface area contributed by atoms with Gasteiger partial charge < -0.3 is 4.57 Å². The van der Waals surface area contributed by atoms with Gasteiger partial charge in [0.1, 0.15) is 6.07 Å². The van der Waals surface area contributed by atoms with E-state index >= 15 is 0 Å². The summed E-state index contributed by atoms with van der Waals surface area (Å²) >= 11 is 1.44. The van der Waals surface area contributed by atoms with E-state index in [-0.39, 0.29) is 6.54 Å². The number of thiazole rings is 1. The van der Waals surface area contributed by atoms with Crippen molar-refractivity contribution in [2.24, 2.45) is 0 Å². The van der Waals surface area contributed by atoms with Crippen LogP contribution in [0.15, 0.2) is 11.8 Å². The third-order valence-corrected chi connectivity index (χ3v) is 3.63. The number of nitrogens with zero attached hydrogens (tertiary/aromatic N) is 4. The minimum Gasteiger partial charge on any atom is -0.322 e. The zero-order valence-corrected chi connectivity index (χ0v) is 10.7. The first kappa shape index (κ1) is 13.5. The Morgan fingerprint density at radius 3 is 2.68 bits per heavy atom. The number of nitriles is 1. The second kappa shape index (κ2) is 5.01. The van der Waals surface area contributed by atoms with Crippen LogP contribution in [0.3, 0.4) is 0 Å². The Hall–Kier alpha value is -1.88. The average Bonchev–Trinajstić information content (AvgIpc) is 2.91. The van der Waals surface area contributed by atoms with Gasteiger partial charge in [0.05, 0.1) is 17.5 Å². The molecule has 4 nitrogen and oxygen atoms in total. The molecule has 2 aromatic rings. The van der Waals surface area contributed by atoms with Crippen LogP contribution in [0.2, 0.25) is 0 Å². The van der Waals surface area contributed by atoms with Crippen LogP contribution in [-0.4, -0.2) is 14.5 Å². The van der Waals surface area contributed by atoms with Gasteiger partial charge in [-0.15, -0.1) is 11.3 Å². The molecule has 0 N–H and O–H groups in total. The van der Waals surface area contributed by atoms with E-state index in [1.165, 1.54) is 15.9 Å². The Balaban J connectivity index is 2.21. The van der Waals surface area contributed by atoms with E-state index in [9.17, 15) is 13.2 Å². The van der Waals surface area contributed by atoms with Crippen molar-refractivity contribution in [3.05, 3.63) is 33.8 Å². The monoisotopic (exact) mass is 286 g/mol. The lowest BCUT2D eigenvalue weighted by molar-refractivity contribution is -0.141. The molecule has 0 bridgehead atoms. The Labute approximate surface area is 111 Å². The fourth-order valence-corrected chi connectivity index (χ4v) is 2.44. The summed E-state index contributed by atoms with van der Waals surface area (Å²) in [5.74, 6) is 0. The van der Waals surface area contributed by atoms with Crippen LogP contribution in [0.1, 0.15) is 22.0 Å². The van der Waals surface area contributed by atoms with Crippen LogP contribution in [0.5, 0.6) is 0 Å². The maximum Gasteiger partial charge on any atom is 0.436 e. The van der Waals surface area contributed by atoms with Gasteiger partial charge in [0.2, 0.25) is 0 Å². The topological polar surface area (TPSA) is 54.5 Å². The molecule has 0 saturated heterocycles. The van der Waals surface area contributed by atoms with E-state index in [4.69, 9.17) is 5.26 Å². The summed E-state index contributed by atoms with van der Waals surface area (Å²) in [6.45, 7) is 2.11. The zero-order valence-electron chi connectivity index (χ0n) is 9.90. The normalized spacial score (nSPS) is 11.5. The predicted molar refractivity (Wildman–Crippen MR) is 62.5 cm³/mol. The lowest BCUT2D eigenvalue weighted by Crippen LogP contribution is -2.10. The van der Waals surface area contributed by atoms with Gasteiger partial charge in [-0.1, -0.05) is 0 Å². The molecule has 2 rings (SSSR count). The standard InChI is InChI=1S/C11H9F3N4S/c1-7-9(19-6-17-7)2-3-18-5-16-10(8(18)4-15)11(12,13)14/h5-6H,2-3H2,1H3. The molecule has 0 aliphatic heterocycles. The van der Waals surface area contributed by atoms with Gasteiger partial charge in [-0.25, -0.2) is 9.97 Å². The van der Waals surface area contributed by atoms with Gasteiger partial charge >= 0.3 is 6.18 Å². The van der Waals surface area contributed by atoms with Crippen LogP contribution in [-0.2, 0) is 19.1 Å². The summed E-state index contributed by atoms with van der Waals surface area (Å²) in [6.07, 6.45) is -3.02. The van der Waals surface area contributed by atoms with Crippen molar-refractivity contribution in [2.45, 2.75) is 26.1 Å². The number of aromatic nitrogens is 3. The highest BCUT2D eigenvalue weighted by Crippen LogP contribution is 2.30. The largest absolute Gasteiger partial charge is 0.436 e. The van der Waals surface area contributed by atoms with Crippen LogP contribution < -0.4 is 0 Å². The van der Waals surface area contributed by atoms with Crippen molar-refractivity contribution in [3.63, 3.8) is 0 Å². The van der Waals surface area contributed by atoms with Crippen molar-refractivity contribution in [3.8, 4) is 6.07 Å². The van der Waals surface area contributed by atoms with Gasteiger partial charge in [0.25, 0.3) is 0 Å². The summed E-state index contributed by atoms with van der Waals surface area (Å²) in [4.78, 5) is 8.34. The first-order valence-corrected chi connectivity index (χ1v) is 6.23. The Bertz CT molecular complexity index is 621. The van der Waals surface area contributed by atoms with Crippen LogP contribution >= 0.6 is 11.3 Å². The van der Waals surface area contributed by atoms with E-state index < -0.39 is 17.6 Å². The molecule has 2 aromatic heterocycles. The lowest BCUT2D eigenvalue weighted by atomic mass is 10.3. The molecule has 0 atom stereocenters. The summed E-state index contributed by atoms with van der Waals surface area (Å²) in [7, 11) is 0. The van der Waals surface area contributed by atoms with Crippen LogP contribution in [0.4, 0.5) is 13.2 Å². The van der Waals surface area contributed by atoms with Crippen molar-refractivity contribution in [2.75, 3.05) is 0 Å². The van der Waals surface area contributed by atoms with E-state index in [1.807, 2.05) is 6.92 Å². The number of rotatable bonds is 3. The number of aryl methyl sites for hydroxylation is 3. The molecular weight excluding hydrogens is 277 g/mol. The number of halogens is 3. The molecule has 0 radical (unpaired) electrons. The molecule has 100 valence electrons. The zero-order chi connectivity index (χ0) is 14.0. The number of hydrogen-bond acceptors (Lipinski definition) is 4. The van der Waals surface area contributed by atoms with E-state index in [0.29, 0.717) is 6.42 Å². The molecule has 0 unspecified atom stereocenters. The maximum absolute atomic E-state index is 12.6. The fraction of sp³-hybridized carbons (Fsp3) is 0.364. The minimum atomic E-state index is -4.60. The maximum atomic E-state index is 12.6. The molecule has 8 heteroatoms. The van der Waals surface area contributed by atoms with Gasteiger partial charge in [0, 0.05) is 17.8 Å². The average molecular weight is 286 g/mol. The smallest absolute Gasteiger partial charge is 0.322 e. The molecule has 0 aromatic carbocycles. The third kappa shape index (κ3) is 2.76. The van der Waals surface area contributed by atoms with Crippen molar-refractivity contribution in [1.29, 1.82) is 5.26 Å². The lowest BCUT2D eigenvalue weighted by Gasteiger charge is -2.05. The second-order valence-corrected chi connectivity index (χ2v) is 4.80. The molecule has 0 amide bonds. The molecule has 0 aliphatic carbocycles. The van der Waals surface area contributed by atoms with E-state index in [0.717, 1.165) is 16.9 Å². The van der Waals surface area contributed by atoms with Gasteiger partial charge in [0.15, 0.2) is 11.4 Å². The first-order chi connectivity index (χ1) is 8.93. The van der Waals surface area contributed by atoms with Crippen molar-refractivity contribution in [1.82, 2.24) is 14.5 Å². The summed E-state index contributed by atoms with van der Waals surface area (Å²) in [5.41, 5.74) is 0.968. The molecule has 2 heterocycles. The Morgan fingerprint density at radius 1 is 1.42 bits per heavy atom.